The SMILES string of the molecule is Cc1nc(N2CC3CC2c2ccc(F)cc23)nc(C)c1NC(=O)CC(C)(C)C. The number of aryl methyl sites for hydroxylation is 2. The fraction of sp³-hybridized carbons (Fsp3) is 0.500. The second kappa shape index (κ2) is 6.54. The van der Waals surface area contributed by atoms with Crippen molar-refractivity contribution < 1.29 is 9.18 Å². The fourth-order valence-corrected chi connectivity index (χ4v) is 4.45. The molecule has 2 unspecified atom stereocenters. The lowest BCUT2D eigenvalue weighted by Crippen LogP contribution is -2.29. The summed E-state index contributed by atoms with van der Waals surface area (Å²) >= 11 is 0. The summed E-state index contributed by atoms with van der Waals surface area (Å²) in [5, 5.41) is 2.98. The zero-order valence-corrected chi connectivity index (χ0v) is 17.1. The van der Waals surface area contributed by atoms with Crippen LogP contribution in [0.5, 0.6) is 0 Å². The molecular formula is C22H27FN4O. The van der Waals surface area contributed by atoms with Crippen LogP contribution in [0.4, 0.5) is 16.0 Å². The Kier molecular flexibility index (Phi) is 4.40. The Labute approximate surface area is 165 Å². The predicted octanol–water partition coefficient (Wildman–Crippen LogP) is 4.66. The van der Waals surface area contributed by atoms with Crippen molar-refractivity contribution >= 4 is 17.5 Å². The van der Waals surface area contributed by atoms with Crippen molar-refractivity contribution in [2.45, 2.75) is 59.4 Å². The van der Waals surface area contributed by atoms with E-state index in [-0.39, 0.29) is 23.2 Å². The molecule has 2 aliphatic rings. The summed E-state index contributed by atoms with van der Waals surface area (Å²) in [6.45, 7) is 10.7. The van der Waals surface area contributed by atoms with Crippen LogP contribution in [0.25, 0.3) is 0 Å². The Bertz CT molecular complexity index is 927. The molecule has 2 heterocycles. The van der Waals surface area contributed by atoms with Crippen LogP contribution in [-0.2, 0) is 4.79 Å². The van der Waals surface area contributed by atoms with E-state index in [0.29, 0.717) is 24.0 Å². The molecule has 0 radical (unpaired) electrons. The number of halogens is 1. The second-order valence-electron chi connectivity index (χ2n) is 9.23. The molecule has 2 aromatic rings. The average molecular weight is 382 g/mol. The molecule has 6 heteroatoms. The summed E-state index contributed by atoms with van der Waals surface area (Å²) < 4.78 is 13.6. The van der Waals surface area contributed by atoms with Gasteiger partial charge in [-0.25, -0.2) is 14.4 Å². The molecule has 1 aliphatic carbocycles. The number of fused-ring (bicyclic) bond motifs is 5. The van der Waals surface area contributed by atoms with E-state index in [4.69, 9.17) is 9.97 Å². The van der Waals surface area contributed by atoms with Gasteiger partial charge in [0.2, 0.25) is 11.9 Å². The Morgan fingerprint density at radius 3 is 2.54 bits per heavy atom. The van der Waals surface area contributed by atoms with E-state index in [2.05, 4.69) is 10.2 Å². The first-order valence-electron chi connectivity index (χ1n) is 9.83. The number of nitrogens with one attached hydrogen (secondary N) is 1. The van der Waals surface area contributed by atoms with Gasteiger partial charge >= 0.3 is 0 Å². The van der Waals surface area contributed by atoms with E-state index < -0.39 is 0 Å². The van der Waals surface area contributed by atoms with Gasteiger partial charge in [-0.3, -0.25) is 4.79 Å². The molecule has 0 saturated carbocycles. The molecule has 1 saturated heterocycles. The molecule has 5 nitrogen and oxygen atoms in total. The monoisotopic (exact) mass is 382 g/mol. The maximum absolute atomic E-state index is 13.6. The van der Waals surface area contributed by atoms with Gasteiger partial charge in [-0.15, -0.1) is 0 Å². The van der Waals surface area contributed by atoms with Crippen molar-refractivity contribution in [3.8, 4) is 0 Å². The highest BCUT2D eigenvalue weighted by molar-refractivity contribution is 5.92. The quantitative estimate of drug-likeness (QED) is 0.839. The number of amides is 1. The predicted molar refractivity (Wildman–Crippen MR) is 108 cm³/mol. The minimum atomic E-state index is -0.170. The molecule has 4 rings (SSSR count). The summed E-state index contributed by atoms with van der Waals surface area (Å²) in [7, 11) is 0. The zero-order valence-electron chi connectivity index (χ0n) is 17.1. The van der Waals surface area contributed by atoms with Crippen molar-refractivity contribution in [1.29, 1.82) is 0 Å². The van der Waals surface area contributed by atoms with Gasteiger partial charge in [0.05, 0.1) is 23.1 Å². The number of anilines is 2. The molecule has 2 atom stereocenters. The Balaban J connectivity index is 1.58. The number of hydrogen-bond donors (Lipinski definition) is 1. The van der Waals surface area contributed by atoms with E-state index in [1.54, 1.807) is 6.07 Å². The normalized spacial score (nSPS) is 20.4. The van der Waals surface area contributed by atoms with E-state index in [0.717, 1.165) is 29.9 Å². The summed E-state index contributed by atoms with van der Waals surface area (Å²) in [6.07, 6.45) is 1.42. The topological polar surface area (TPSA) is 58.1 Å². The largest absolute Gasteiger partial charge is 0.333 e. The molecule has 1 aliphatic heterocycles. The van der Waals surface area contributed by atoms with Crippen molar-refractivity contribution in [1.82, 2.24) is 9.97 Å². The van der Waals surface area contributed by atoms with Gasteiger partial charge in [0, 0.05) is 18.9 Å². The molecule has 0 spiro atoms. The van der Waals surface area contributed by atoms with Gasteiger partial charge in [-0.2, -0.15) is 0 Å². The van der Waals surface area contributed by atoms with Gasteiger partial charge in [0.1, 0.15) is 5.82 Å². The molecule has 1 aromatic heterocycles. The Hall–Kier alpha value is -2.50. The molecule has 2 bridgehead atoms. The van der Waals surface area contributed by atoms with Crippen LogP contribution in [0.15, 0.2) is 18.2 Å². The first-order chi connectivity index (χ1) is 13.1. The number of benzene rings is 1. The van der Waals surface area contributed by atoms with Crippen LogP contribution in [0.3, 0.4) is 0 Å². The van der Waals surface area contributed by atoms with Gasteiger partial charge in [0.15, 0.2) is 0 Å². The molecule has 1 fully saturated rings. The highest BCUT2D eigenvalue weighted by Crippen LogP contribution is 2.51. The highest BCUT2D eigenvalue weighted by Gasteiger charge is 2.43. The van der Waals surface area contributed by atoms with Crippen LogP contribution >= 0.6 is 0 Å². The van der Waals surface area contributed by atoms with Crippen LogP contribution in [0, 0.1) is 25.1 Å². The van der Waals surface area contributed by atoms with Crippen LogP contribution < -0.4 is 10.2 Å². The Morgan fingerprint density at radius 2 is 1.89 bits per heavy atom. The summed E-state index contributed by atoms with van der Waals surface area (Å²) in [4.78, 5) is 24.0. The minimum Gasteiger partial charge on any atom is -0.333 e. The van der Waals surface area contributed by atoms with Gasteiger partial charge < -0.3 is 10.2 Å². The van der Waals surface area contributed by atoms with Crippen molar-refractivity contribution in [2.75, 3.05) is 16.8 Å². The maximum atomic E-state index is 13.6. The van der Waals surface area contributed by atoms with Crippen LogP contribution in [-0.4, -0.2) is 22.4 Å². The Morgan fingerprint density at radius 1 is 1.21 bits per heavy atom. The summed E-state index contributed by atoms with van der Waals surface area (Å²) in [6, 6.07) is 5.29. The van der Waals surface area contributed by atoms with Gasteiger partial charge in [-0.1, -0.05) is 26.8 Å². The number of rotatable bonds is 3. The third-order valence-electron chi connectivity index (χ3n) is 5.62. The summed E-state index contributed by atoms with van der Waals surface area (Å²) in [5.41, 5.74) is 4.47. The van der Waals surface area contributed by atoms with Gasteiger partial charge in [0.25, 0.3) is 0 Å². The second-order valence-corrected chi connectivity index (χ2v) is 9.23. The van der Waals surface area contributed by atoms with E-state index in [1.165, 1.54) is 11.6 Å². The molecule has 1 aromatic carbocycles. The van der Waals surface area contributed by atoms with E-state index in [9.17, 15) is 9.18 Å². The van der Waals surface area contributed by atoms with E-state index >= 15 is 0 Å². The molecular weight excluding hydrogens is 355 g/mol. The number of nitrogens with zero attached hydrogens (tertiary/aromatic N) is 3. The smallest absolute Gasteiger partial charge is 0.226 e. The zero-order chi connectivity index (χ0) is 20.2. The van der Waals surface area contributed by atoms with Crippen LogP contribution in [0.1, 0.15) is 68.1 Å². The average Bonchev–Trinajstić information content (AvgIpc) is 3.15. The lowest BCUT2D eigenvalue weighted by Gasteiger charge is -2.30. The number of hydrogen-bond acceptors (Lipinski definition) is 4. The molecule has 28 heavy (non-hydrogen) atoms. The first kappa shape index (κ1) is 18.8. The van der Waals surface area contributed by atoms with Crippen molar-refractivity contribution in [3.63, 3.8) is 0 Å². The summed E-state index contributed by atoms with van der Waals surface area (Å²) in [5.74, 6) is 0.819. The third kappa shape index (κ3) is 3.36. The van der Waals surface area contributed by atoms with Crippen LogP contribution in [0.2, 0.25) is 0 Å². The lowest BCUT2D eigenvalue weighted by atomic mass is 9.92. The van der Waals surface area contributed by atoms with Crippen molar-refractivity contribution in [3.05, 3.63) is 46.5 Å². The number of carbonyl (C=O) groups is 1. The standard InChI is InChI=1S/C22H27FN4O/c1-12-20(26-19(28)10-22(3,4)5)13(2)25-21(24-12)27-11-14-8-18(27)16-7-6-15(23)9-17(14)16/h6-7,9,14,18H,8,10-11H2,1-5H3,(H,26,28). The van der Waals surface area contributed by atoms with E-state index in [1.807, 2.05) is 40.7 Å². The molecule has 1 amide bonds. The number of aromatic nitrogens is 2. The third-order valence-corrected chi connectivity index (χ3v) is 5.62. The minimum absolute atomic E-state index is 0.0220. The maximum Gasteiger partial charge on any atom is 0.226 e. The fourth-order valence-electron chi connectivity index (χ4n) is 4.45. The molecule has 148 valence electrons. The van der Waals surface area contributed by atoms with Gasteiger partial charge in [-0.05, 0) is 48.9 Å². The lowest BCUT2D eigenvalue weighted by molar-refractivity contribution is -0.117. The first-order valence-corrected chi connectivity index (χ1v) is 9.83. The molecule has 1 N–H and O–H groups in total. The van der Waals surface area contributed by atoms with Crippen molar-refractivity contribution in [2.24, 2.45) is 5.41 Å². The highest BCUT2D eigenvalue weighted by atomic mass is 19.1. The number of carbonyl (C=O) groups excluding carboxylic acids is 1.